The van der Waals surface area contributed by atoms with Crippen LogP contribution in [0.2, 0.25) is 0 Å². The smallest absolute Gasteiger partial charge is 0.357 e. The predicted molar refractivity (Wildman–Crippen MR) is 115 cm³/mol. The number of halogens is 4. The molecule has 0 radical (unpaired) electrons. The van der Waals surface area contributed by atoms with Crippen molar-refractivity contribution in [2.24, 2.45) is 10.9 Å². The highest BCUT2D eigenvalue weighted by atomic mass is 127. The molecule has 2 aliphatic rings. The summed E-state index contributed by atoms with van der Waals surface area (Å²) in [6.45, 7) is 4.09. The number of likely N-dealkylation sites (N-methyl/N-ethyl adjacent to an activating group) is 1. The minimum absolute atomic E-state index is 0. The van der Waals surface area contributed by atoms with Gasteiger partial charge in [0, 0.05) is 39.3 Å². The van der Waals surface area contributed by atoms with Gasteiger partial charge in [0.25, 0.3) is 0 Å². The van der Waals surface area contributed by atoms with Crippen LogP contribution in [0.25, 0.3) is 0 Å². The maximum Gasteiger partial charge on any atom is 0.406 e. The molecule has 1 aliphatic heterocycles. The number of nitrogens with zero attached hydrogens (tertiary/aromatic N) is 3. The topological polar surface area (TPSA) is 60.0 Å². The minimum Gasteiger partial charge on any atom is -0.357 e. The molecule has 1 unspecified atom stereocenters. The molecule has 164 valence electrons. The van der Waals surface area contributed by atoms with Crippen LogP contribution in [-0.2, 0) is 4.79 Å². The van der Waals surface area contributed by atoms with Gasteiger partial charge in [-0.05, 0) is 32.1 Å². The maximum atomic E-state index is 12.4. The Kier molecular flexibility index (Phi) is 10.9. The highest BCUT2D eigenvalue weighted by molar-refractivity contribution is 14.0. The van der Waals surface area contributed by atoms with Crippen molar-refractivity contribution in [3.05, 3.63) is 0 Å². The molecule has 28 heavy (non-hydrogen) atoms. The van der Waals surface area contributed by atoms with Crippen molar-refractivity contribution in [2.45, 2.75) is 51.2 Å². The van der Waals surface area contributed by atoms with Gasteiger partial charge in [-0.3, -0.25) is 4.79 Å². The van der Waals surface area contributed by atoms with Crippen LogP contribution in [0.5, 0.6) is 0 Å². The Hall–Kier alpha value is -0.780. The number of likely N-dealkylation sites (tertiary alicyclic amines) is 1. The van der Waals surface area contributed by atoms with E-state index < -0.39 is 18.6 Å². The molecule has 0 aromatic carbocycles. The van der Waals surface area contributed by atoms with E-state index in [0.717, 1.165) is 39.0 Å². The second-order valence-electron chi connectivity index (χ2n) is 7.60. The highest BCUT2D eigenvalue weighted by Crippen LogP contribution is 2.26. The number of guanidine groups is 1. The van der Waals surface area contributed by atoms with Crippen LogP contribution in [0.15, 0.2) is 4.99 Å². The Bertz CT molecular complexity index is 512. The van der Waals surface area contributed by atoms with Crippen molar-refractivity contribution in [2.75, 3.05) is 46.3 Å². The predicted octanol–water partition coefficient (Wildman–Crippen LogP) is 2.44. The molecule has 2 rings (SSSR count). The van der Waals surface area contributed by atoms with Crippen LogP contribution in [0, 0.1) is 5.92 Å². The lowest BCUT2D eigenvalue weighted by molar-refractivity contribution is -0.157. The summed E-state index contributed by atoms with van der Waals surface area (Å²) < 4.78 is 37.1. The second-order valence-corrected chi connectivity index (χ2v) is 7.60. The lowest BCUT2D eigenvalue weighted by Gasteiger charge is -2.21. The molecule has 10 heteroatoms. The van der Waals surface area contributed by atoms with Gasteiger partial charge >= 0.3 is 6.18 Å². The fourth-order valence-electron chi connectivity index (χ4n) is 3.81. The van der Waals surface area contributed by atoms with E-state index in [-0.39, 0.29) is 36.6 Å². The molecule has 2 fully saturated rings. The molecular formula is C18H33F3IN5O. The monoisotopic (exact) mass is 519 g/mol. The van der Waals surface area contributed by atoms with E-state index in [0.29, 0.717) is 17.4 Å². The average molecular weight is 519 g/mol. The quantitative estimate of drug-likeness (QED) is 0.308. The van der Waals surface area contributed by atoms with Gasteiger partial charge in [-0.1, -0.05) is 12.8 Å². The summed E-state index contributed by atoms with van der Waals surface area (Å²) in [4.78, 5) is 19.2. The Morgan fingerprint density at radius 2 is 1.93 bits per heavy atom. The maximum absolute atomic E-state index is 12.4. The van der Waals surface area contributed by atoms with Crippen LogP contribution in [0.4, 0.5) is 13.2 Å². The molecule has 0 aromatic heterocycles. The minimum atomic E-state index is -4.40. The SMILES string of the molecule is CCNC(=NCC(=O)N(C)CC(F)(F)F)NC1CCN(CC2CCCC2)C1.I. The number of carbonyl (C=O) groups is 1. The van der Waals surface area contributed by atoms with Crippen LogP contribution in [0.1, 0.15) is 39.0 Å². The highest BCUT2D eigenvalue weighted by Gasteiger charge is 2.31. The Morgan fingerprint density at radius 1 is 1.25 bits per heavy atom. The summed E-state index contributed by atoms with van der Waals surface area (Å²) >= 11 is 0. The summed E-state index contributed by atoms with van der Waals surface area (Å²) in [5.41, 5.74) is 0. The molecule has 0 aromatic rings. The van der Waals surface area contributed by atoms with Crippen LogP contribution >= 0.6 is 24.0 Å². The van der Waals surface area contributed by atoms with E-state index in [1.54, 1.807) is 0 Å². The Balaban J connectivity index is 0.00000392. The molecule has 0 spiro atoms. The molecule has 0 bridgehead atoms. The van der Waals surface area contributed by atoms with Crippen molar-refractivity contribution in [3.63, 3.8) is 0 Å². The number of carbonyl (C=O) groups excluding carboxylic acids is 1. The second kappa shape index (κ2) is 12.0. The van der Waals surface area contributed by atoms with Crippen molar-refractivity contribution in [3.8, 4) is 0 Å². The van der Waals surface area contributed by atoms with Gasteiger partial charge in [-0.15, -0.1) is 24.0 Å². The molecule has 2 N–H and O–H groups in total. The number of hydrogen-bond acceptors (Lipinski definition) is 3. The third-order valence-electron chi connectivity index (χ3n) is 5.16. The number of alkyl halides is 3. The largest absolute Gasteiger partial charge is 0.406 e. The van der Waals surface area contributed by atoms with Gasteiger partial charge in [0.2, 0.25) is 5.91 Å². The zero-order valence-electron chi connectivity index (χ0n) is 16.7. The molecule has 1 heterocycles. The molecule has 1 amide bonds. The van der Waals surface area contributed by atoms with Gasteiger partial charge in [0.05, 0.1) is 0 Å². The van der Waals surface area contributed by atoms with Gasteiger partial charge in [0.1, 0.15) is 13.1 Å². The first-order valence-corrected chi connectivity index (χ1v) is 9.84. The van der Waals surface area contributed by atoms with E-state index in [1.807, 2.05) is 6.92 Å². The van der Waals surface area contributed by atoms with E-state index in [9.17, 15) is 18.0 Å². The third-order valence-corrected chi connectivity index (χ3v) is 5.16. The van der Waals surface area contributed by atoms with Gasteiger partial charge in [-0.25, -0.2) is 4.99 Å². The normalized spacial score (nSPS) is 21.5. The molecule has 1 atom stereocenters. The lowest BCUT2D eigenvalue weighted by atomic mass is 10.1. The van der Waals surface area contributed by atoms with Crippen molar-refractivity contribution in [1.82, 2.24) is 20.4 Å². The van der Waals surface area contributed by atoms with E-state index in [1.165, 1.54) is 25.7 Å². The number of amides is 1. The number of aliphatic imine (C=N–C) groups is 1. The fraction of sp³-hybridized carbons (Fsp3) is 0.889. The summed E-state index contributed by atoms with van der Waals surface area (Å²) in [6, 6.07) is 0.243. The summed E-state index contributed by atoms with van der Waals surface area (Å²) in [6.07, 6.45) is 1.93. The lowest BCUT2D eigenvalue weighted by Crippen LogP contribution is -2.45. The first kappa shape index (κ1) is 25.3. The zero-order valence-corrected chi connectivity index (χ0v) is 19.1. The molecule has 1 aliphatic carbocycles. The number of rotatable bonds is 7. The molecular weight excluding hydrogens is 486 g/mol. The third kappa shape index (κ3) is 9.15. The van der Waals surface area contributed by atoms with E-state index >= 15 is 0 Å². The summed E-state index contributed by atoms with van der Waals surface area (Å²) in [7, 11) is 1.14. The zero-order chi connectivity index (χ0) is 19.9. The van der Waals surface area contributed by atoms with Crippen molar-refractivity contribution >= 4 is 35.8 Å². The fourth-order valence-corrected chi connectivity index (χ4v) is 3.81. The van der Waals surface area contributed by atoms with E-state index in [2.05, 4.69) is 20.5 Å². The van der Waals surface area contributed by atoms with Crippen molar-refractivity contribution < 1.29 is 18.0 Å². The van der Waals surface area contributed by atoms with Crippen LogP contribution < -0.4 is 10.6 Å². The summed E-state index contributed by atoms with van der Waals surface area (Å²) in [5, 5.41) is 6.39. The Labute approximate surface area is 182 Å². The standard InChI is InChI=1S/C18H32F3N5O.HI/c1-3-22-17(23-10-16(27)25(2)13-18(19,20)21)24-15-8-9-26(12-15)11-14-6-4-5-7-14;/h14-15H,3-13H2,1-2H3,(H2,22,23,24);1H. The van der Waals surface area contributed by atoms with Gasteiger partial charge < -0.3 is 20.4 Å². The van der Waals surface area contributed by atoms with E-state index in [4.69, 9.17) is 0 Å². The summed E-state index contributed by atoms with van der Waals surface area (Å²) in [5.74, 6) is 0.644. The average Bonchev–Trinajstić information content (AvgIpc) is 3.23. The first-order chi connectivity index (χ1) is 12.8. The van der Waals surface area contributed by atoms with Crippen molar-refractivity contribution in [1.29, 1.82) is 0 Å². The van der Waals surface area contributed by atoms with Crippen LogP contribution in [-0.4, -0.2) is 80.2 Å². The van der Waals surface area contributed by atoms with Crippen LogP contribution in [0.3, 0.4) is 0 Å². The molecule has 1 saturated carbocycles. The van der Waals surface area contributed by atoms with Gasteiger partial charge in [-0.2, -0.15) is 13.2 Å². The first-order valence-electron chi connectivity index (χ1n) is 9.84. The molecule has 6 nitrogen and oxygen atoms in total. The number of nitrogens with one attached hydrogen (secondary N) is 2. The number of hydrogen-bond donors (Lipinski definition) is 2. The Morgan fingerprint density at radius 3 is 2.54 bits per heavy atom. The molecule has 1 saturated heterocycles. The van der Waals surface area contributed by atoms with Gasteiger partial charge in [0.15, 0.2) is 5.96 Å².